The summed E-state index contributed by atoms with van der Waals surface area (Å²) in [6, 6.07) is 0. The molecule has 0 fully saturated rings. The molecule has 0 spiro atoms. The Morgan fingerprint density at radius 1 is 1.50 bits per heavy atom. The first-order chi connectivity index (χ1) is 6.61. The number of nitrogens with zero attached hydrogens (tertiary/aromatic N) is 1. The molecule has 3 N–H and O–H groups in total. The summed E-state index contributed by atoms with van der Waals surface area (Å²) in [7, 11) is 1.94. The van der Waals surface area contributed by atoms with Gasteiger partial charge >= 0.3 is 0 Å². The molecule has 0 aliphatic heterocycles. The zero-order chi connectivity index (χ0) is 11.0. The molecule has 14 heavy (non-hydrogen) atoms. The molecule has 3 nitrogen and oxygen atoms in total. The largest absolute Gasteiger partial charge is 0.402 e. The highest BCUT2D eigenvalue weighted by Crippen LogP contribution is 2.03. The first kappa shape index (κ1) is 13.2. The molecule has 82 valence electrons. The highest BCUT2D eigenvalue weighted by molar-refractivity contribution is 5.95. The quantitative estimate of drug-likeness (QED) is 0.635. The number of hydrogen-bond donors (Lipinski definition) is 2. The second kappa shape index (κ2) is 7.56. The lowest BCUT2D eigenvalue weighted by molar-refractivity contribution is 0.756. The Balaban J connectivity index is 4.36. The molecule has 0 aliphatic carbocycles. The second-order valence-electron chi connectivity index (χ2n) is 3.62. The first-order valence-corrected chi connectivity index (χ1v) is 5.26. The third-order valence-electron chi connectivity index (χ3n) is 1.99. The van der Waals surface area contributed by atoms with Crippen LogP contribution in [0.15, 0.2) is 16.8 Å². The second-order valence-corrected chi connectivity index (χ2v) is 3.62. The van der Waals surface area contributed by atoms with Crippen LogP contribution in [0.4, 0.5) is 0 Å². The molecule has 0 bridgehead atoms. The average Bonchev–Trinajstić information content (AvgIpc) is 2.14. The van der Waals surface area contributed by atoms with Gasteiger partial charge in [0.15, 0.2) is 0 Å². The smallest absolute Gasteiger partial charge is 0.0378 e. The molecule has 0 aromatic rings. The zero-order valence-electron chi connectivity index (χ0n) is 9.80. The fourth-order valence-electron chi connectivity index (χ4n) is 1.01. The summed E-state index contributed by atoms with van der Waals surface area (Å²) in [5.41, 5.74) is 7.88. The highest BCUT2D eigenvalue weighted by Gasteiger charge is 2.00. The summed E-state index contributed by atoms with van der Waals surface area (Å²) in [6.45, 7) is 7.99. The van der Waals surface area contributed by atoms with Crippen molar-refractivity contribution in [1.29, 1.82) is 0 Å². The van der Waals surface area contributed by atoms with Crippen LogP contribution in [0.2, 0.25) is 0 Å². The number of rotatable bonds is 6. The van der Waals surface area contributed by atoms with Crippen molar-refractivity contribution in [2.45, 2.75) is 27.2 Å². The predicted octanol–water partition coefficient (Wildman–Crippen LogP) is 1.56. The molecule has 3 heteroatoms. The fourth-order valence-corrected chi connectivity index (χ4v) is 1.01. The van der Waals surface area contributed by atoms with Gasteiger partial charge in [0, 0.05) is 30.9 Å². The third-order valence-corrected chi connectivity index (χ3v) is 1.99. The lowest BCUT2D eigenvalue weighted by atomic mass is 10.1. The van der Waals surface area contributed by atoms with E-state index < -0.39 is 0 Å². The van der Waals surface area contributed by atoms with Crippen LogP contribution in [-0.2, 0) is 0 Å². The maximum absolute atomic E-state index is 5.88. The van der Waals surface area contributed by atoms with E-state index >= 15 is 0 Å². The normalized spacial score (nSPS) is 13.8. The summed E-state index contributed by atoms with van der Waals surface area (Å²) in [5.74, 6) is 0.395. The van der Waals surface area contributed by atoms with Crippen LogP contribution in [0, 0.1) is 5.92 Å². The molecule has 0 saturated carbocycles. The number of nitrogens with one attached hydrogen (secondary N) is 1. The van der Waals surface area contributed by atoms with E-state index in [1.165, 1.54) is 0 Å². The molecule has 0 rings (SSSR count). The molecule has 0 aliphatic rings. The van der Waals surface area contributed by atoms with Gasteiger partial charge in [0.2, 0.25) is 0 Å². The maximum Gasteiger partial charge on any atom is 0.0378 e. The Bertz CT molecular complexity index is 205. The van der Waals surface area contributed by atoms with E-state index in [4.69, 9.17) is 5.73 Å². The van der Waals surface area contributed by atoms with Gasteiger partial charge in [-0.2, -0.15) is 0 Å². The molecule has 0 amide bonds. The van der Waals surface area contributed by atoms with E-state index in [1.54, 1.807) is 0 Å². The van der Waals surface area contributed by atoms with E-state index in [1.807, 2.05) is 20.0 Å². The van der Waals surface area contributed by atoms with Crippen molar-refractivity contribution in [1.82, 2.24) is 5.32 Å². The van der Waals surface area contributed by atoms with E-state index in [0.717, 1.165) is 30.9 Å². The van der Waals surface area contributed by atoms with Gasteiger partial charge in [-0.3, -0.25) is 4.99 Å². The summed E-state index contributed by atoms with van der Waals surface area (Å²) < 4.78 is 0. The summed E-state index contributed by atoms with van der Waals surface area (Å²) >= 11 is 0. The van der Waals surface area contributed by atoms with E-state index in [9.17, 15) is 0 Å². The van der Waals surface area contributed by atoms with Gasteiger partial charge in [0.1, 0.15) is 0 Å². The number of allylic oxidation sites excluding steroid dienone is 2. The van der Waals surface area contributed by atoms with Crippen LogP contribution in [0.5, 0.6) is 0 Å². The van der Waals surface area contributed by atoms with Crippen molar-refractivity contribution >= 4 is 5.71 Å². The summed E-state index contributed by atoms with van der Waals surface area (Å²) in [5, 5.41) is 3.11. The Morgan fingerprint density at radius 3 is 2.57 bits per heavy atom. The Labute approximate surface area is 87.5 Å². The molecule has 0 radical (unpaired) electrons. The van der Waals surface area contributed by atoms with Crippen LogP contribution in [0.25, 0.3) is 0 Å². The van der Waals surface area contributed by atoms with E-state index in [-0.39, 0.29) is 0 Å². The molecular weight excluding hydrogens is 174 g/mol. The molecule has 0 heterocycles. The van der Waals surface area contributed by atoms with Crippen molar-refractivity contribution in [3.63, 3.8) is 0 Å². The van der Waals surface area contributed by atoms with Gasteiger partial charge in [0.25, 0.3) is 0 Å². The standard InChI is InChI=1S/C11H23N3/c1-5-14-10(6-7-13-4)8-11(12)9(2)3/h8-9,13H,5-7,12H2,1-4H3. The Hall–Kier alpha value is -0.830. The SMILES string of the molecule is CCN=C(C=C(N)C(C)C)CCNC. The van der Waals surface area contributed by atoms with E-state index in [2.05, 4.69) is 24.2 Å². The van der Waals surface area contributed by atoms with Gasteiger partial charge in [-0.05, 0) is 26.0 Å². The number of aliphatic imine (C=N–C) groups is 1. The molecule has 0 saturated heterocycles. The monoisotopic (exact) mass is 197 g/mol. The van der Waals surface area contributed by atoms with Crippen LogP contribution in [0.3, 0.4) is 0 Å². The molecule has 0 aromatic heterocycles. The third kappa shape index (κ3) is 5.75. The highest BCUT2D eigenvalue weighted by atomic mass is 14.8. The first-order valence-electron chi connectivity index (χ1n) is 5.26. The Kier molecular flexibility index (Phi) is 7.11. The van der Waals surface area contributed by atoms with E-state index in [0.29, 0.717) is 5.92 Å². The average molecular weight is 197 g/mol. The van der Waals surface area contributed by atoms with Gasteiger partial charge in [-0.1, -0.05) is 13.8 Å². The molecule has 0 aromatic carbocycles. The lowest BCUT2D eigenvalue weighted by Crippen LogP contribution is -2.14. The van der Waals surface area contributed by atoms with Gasteiger partial charge in [0.05, 0.1) is 0 Å². The van der Waals surface area contributed by atoms with Crippen molar-refractivity contribution in [3.8, 4) is 0 Å². The minimum absolute atomic E-state index is 0.395. The van der Waals surface area contributed by atoms with Crippen molar-refractivity contribution in [2.75, 3.05) is 20.1 Å². The van der Waals surface area contributed by atoms with Gasteiger partial charge in [-0.15, -0.1) is 0 Å². The lowest BCUT2D eigenvalue weighted by Gasteiger charge is -2.07. The maximum atomic E-state index is 5.88. The topological polar surface area (TPSA) is 50.4 Å². The summed E-state index contributed by atoms with van der Waals surface area (Å²) in [6.07, 6.45) is 2.95. The molecule has 0 unspecified atom stereocenters. The van der Waals surface area contributed by atoms with Gasteiger partial charge < -0.3 is 11.1 Å². The predicted molar refractivity (Wildman–Crippen MR) is 63.6 cm³/mol. The van der Waals surface area contributed by atoms with Crippen LogP contribution >= 0.6 is 0 Å². The fraction of sp³-hybridized carbons (Fsp3) is 0.727. The minimum Gasteiger partial charge on any atom is -0.402 e. The van der Waals surface area contributed by atoms with Gasteiger partial charge in [-0.25, -0.2) is 0 Å². The number of hydrogen-bond acceptors (Lipinski definition) is 3. The molecular formula is C11H23N3. The van der Waals surface area contributed by atoms with Crippen LogP contribution in [0.1, 0.15) is 27.2 Å². The number of nitrogens with two attached hydrogens (primary N) is 1. The summed E-state index contributed by atoms with van der Waals surface area (Å²) in [4.78, 5) is 4.40. The Morgan fingerprint density at radius 2 is 2.14 bits per heavy atom. The van der Waals surface area contributed by atoms with Crippen LogP contribution in [-0.4, -0.2) is 25.8 Å². The van der Waals surface area contributed by atoms with Crippen molar-refractivity contribution < 1.29 is 0 Å². The molecule has 0 atom stereocenters. The minimum atomic E-state index is 0.395. The van der Waals surface area contributed by atoms with Crippen molar-refractivity contribution in [2.24, 2.45) is 16.6 Å². The zero-order valence-corrected chi connectivity index (χ0v) is 9.80. The van der Waals surface area contributed by atoms with Crippen LogP contribution < -0.4 is 11.1 Å². The van der Waals surface area contributed by atoms with Crippen molar-refractivity contribution in [3.05, 3.63) is 11.8 Å².